The molecule has 0 saturated heterocycles. The standard InChI is InChI=1S/C14H20N2O2/c15-18-14(17)11-16(12-7-3-1-4-8-12)13-9-5-2-6-10-13/h1,3-4,7-8,13H,2,5-6,9-11,15H2. The van der Waals surface area contributed by atoms with Gasteiger partial charge >= 0.3 is 5.97 Å². The zero-order chi connectivity index (χ0) is 12.8. The fourth-order valence-corrected chi connectivity index (χ4v) is 2.62. The van der Waals surface area contributed by atoms with Crippen LogP contribution in [0.4, 0.5) is 5.69 Å². The van der Waals surface area contributed by atoms with Gasteiger partial charge in [-0.2, -0.15) is 5.90 Å². The van der Waals surface area contributed by atoms with Crippen molar-refractivity contribution in [2.45, 2.75) is 38.1 Å². The molecule has 0 bridgehead atoms. The van der Waals surface area contributed by atoms with Crippen LogP contribution in [0.1, 0.15) is 32.1 Å². The van der Waals surface area contributed by atoms with E-state index in [9.17, 15) is 4.79 Å². The second-order valence-corrected chi connectivity index (χ2v) is 4.75. The maximum atomic E-state index is 11.4. The number of rotatable bonds is 4. The molecule has 0 atom stereocenters. The lowest BCUT2D eigenvalue weighted by Gasteiger charge is -2.35. The van der Waals surface area contributed by atoms with Crippen molar-refractivity contribution < 1.29 is 9.63 Å². The van der Waals surface area contributed by atoms with Crippen molar-refractivity contribution in [3.8, 4) is 0 Å². The van der Waals surface area contributed by atoms with E-state index in [-0.39, 0.29) is 12.5 Å². The summed E-state index contributed by atoms with van der Waals surface area (Å²) >= 11 is 0. The first kappa shape index (κ1) is 12.9. The van der Waals surface area contributed by atoms with E-state index in [4.69, 9.17) is 5.90 Å². The number of nitrogens with two attached hydrogens (primary N) is 1. The number of hydrogen-bond acceptors (Lipinski definition) is 4. The molecular weight excluding hydrogens is 228 g/mol. The van der Waals surface area contributed by atoms with Gasteiger partial charge in [0.05, 0.1) is 0 Å². The van der Waals surface area contributed by atoms with Crippen LogP contribution in [-0.4, -0.2) is 18.6 Å². The average Bonchev–Trinajstić information content (AvgIpc) is 2.46. The summed E-state index contributed by atoms with van der Waals surface area (Å²) in [6.07, 6.45) is 6.01. The van der Waals surface area contributed by atoms with Gasteiger partial charge in [0.1, 0.15) is 6.54 Å². The molecule has 4 nitrogen and oxygen atoms in total. The molecule has 0 spiro atoms. The van der Waals surface area contributed by atoms with Gasteiger partial charge in [-0.25, -0.2) is 4.79 Å². The summed E-state index contributed by atoms with van der Waals surface area (Å²) in [6.45, 7) is 0.227. The molecule has 4 heteroatoms. The van der Waals surface area contributed by atoms with Crippen molar-refractivity contribution in [3.63, 3.8) is 0 Å². The Bertz CT molecular complexity index is 375. The molecule has 18 heavy (non-hydrogen) atoms. The maximum absolute atomic E-state index is 11.4. The fourth-order valence-electron chi connectivity index (χ4n) is 2.62. The highest BCUT2D eigenvalue weighted by Gasteiger charge is 2.23. The van der Waals surface area contributed by atoms with E-state index in [0.717, 1.165) is 18.5 Å². The molecule has 1 aromatic carbocycles. The van der Waals surface area contributed by atoms with Gasteiger partial charge < -0.3 is 9.74 Å². The molecule has 2 N–H and O–H groups in total. The van der Waals surface area contributed by atoms with Crippen LogP contribution in [0.5, 0.6) is 0 Å². The Morgan fingerprint density at radius 2 is 1.89 bits per heavy atom. The lowest BCUT2D eigenvalue weighted by Crippen LogP contribution is -2.41. The van der Waals surface area contributed by atoms with Crippen LogP contribution in [0.2, 0.25) is 0 Å². The number of hydrogen-bond donors (Lipinski definition) is 1. The monoisotopic (exact) mass is 248 g/mol. The zero-order valence-corrected chi connectivity index (χ0v) is 10.5. The topological polar surface area (TPSA) is 55.6 Å². The van der Waals surface area contributed by atoms with Gasteiger partial charge in [-0.05, 0) is 25.0 Å². The number of para-hydroxylation sites is 1. The van der Waals surface area contributed by atoms with Crippen molar-refractivity contribution in [2.24, 2.45) is 5.90 Å². The van der Waals surface area contributed by atoms with Gasteiger partial charge in [-0.3, -0.25) is 0 Å². The number of nitrogens with zero attached hydrogens (tertiary/aromatic N) is 1. The Balaban J connectivity index is 2.14. The first-order valence-corrected chi connectivity index (χ1v) is 6.52. The predicted molar refractivity (Wildman–Crippen MR) is 70.9 cm³/mol. The lowest BCUT2D eigenvalue weighted by atomic mass is 9.94. The van der Waals surface area contributed by atoms with Crippen LogP contribution in [0.3, 0.4) is 0 Å². The third kappa shape index (κ3) is 3.23. The van der Waals surface area contributed by atoms with E-state index in [1.165, 1.54) is 19.3 Å². The molecule has 1 aromatic rings. The highest BCUT2D eigenvalue weighted by molar-refractivity contribution is 5.75. The Hall–Kier alpha value is -1.55. The summed E-state index contributed by atoms with van der Waals surface area (Å²) < 4.78 is 0. The summed E-state index contributed by atoms with van der Waals surface area (Å²) in [6, 6.07) is 10.4. The Labute approximate surface area is 108 Å². The minimum absolute atomic E-state index is 0.227. The Morgan fingerprint density at radius 1 is 1.22 bits per heavy atom. The van der Waals surface area contributed by atoms with Crippen molar-refractivity contribution in [2.75, 3.05) is 11.4 Å². The minimum atomic E-state index is -0.385. The molecular formula is C14H20N2O2. The highest BCUT2D eigenvalue weighted by Crippen LogP contribution is 2.27. The van der Waals surface area contributed by atoms with Crippen LogP contribution in [0.25, 0.3) is 0 Å². The van der Waals surface area contributed by atoms with Crippen LogP contribution >= 0.6 is 0 Å². The molecule has 1 fully saturated rings. The van der Waals surface area contributed by atoms with Crippen molar-refractivity contribution in [1.29, 1.82) is 0 Å². The normalized spacial score (nSPS) is 16.3. The summed E-state index contributed by atoms with van der Waals surface area (Å²) in [5.74, 6) is 4.57. The molecule has 0 heterocycles. The lowest BCUT2D eigenvalue weighted by molar-refractivity contribution is -0.142. The minimum Gasteiger partial charge on any atom is -0.372 e. The predicted octanol–water partition coefficient (Wildman–Crippen LogP) is 2.24. The Kier molecular flexibility index (Phi) is 4.59. The first-order chi connectivity index (χ1) is 8.81. The van der Waals surface area contributed by atoms with E-state index in [1.54, 1.807) is 0 Å². The van der Waals surface area contributed by atoms with Crippen molar-refractivity contribution in [1.82, 2.24) is 0 Å². The SMILES string of the molecule is NOC(=O)CN(c1ccccc1)C1CCCCC1. The maximum Gasteiger partial charge on any atom is 0.343 e. The molecule has 0 radical (unpaired) electrons. The molecule has 2 rings (SSSR count). The smallest absolute Gasteiger partial charge is 0.343 e. The molecule has 0 amide bonds. The summed E-state index contributed by atoms with van der Waals surface area (Å²) in [5.41, 5.74) is 1.06. The van der Waals surface area contributed by atoms with E-state index in [0.29, 0.717) is 6.04 Å². The van der Waals surface area contributed by atoms with Gasteiger partial charge in [0.15, 0.2) is 0 Å². The van der Waals surface area contributed by atoms with E-state index in [1.807, 2.05) is 30.3 Å². The third-order valence-electron chi connectivity index (χ3n) is 3.53. The fraction of sp³-hybridized carbons (Fsp3) is 0.500. The molecule has 98 valence electrons. The molecule has 0 aromatic heterocycles. The molecule has 1 aliphatic rings. The molecule has 0 aliphatic heterocycles. The molecule has 1 saturated carbocycles. The molecule has 0 unspecified atom stereocenters. The van der Waals surface area contributed by atoms with Crippen LogP contribution in [-0.2, 0) is 9.63 Å². The van der Waals surface area contributed by atoms with Gasteiger partial charge in [-0.1, -0.05) is 37.5 Å². The van der Waals surface area contributed by atoms with E-state index in [2.05, 4.69) is 9.74 Å². The van der Waals surface area contributed by atoms with Crippen LogP contribution in [0.15, 0.2) is 30.3 Å². The van der Waals surface area contributed by atoms with Crippen molar-refractivity contribution >= 4 is 11.7 Å². The van der Waals surface area contributed by atoms with E-state index < -0.39 is 0 Å². The third-order valence-corrected chi connectivity index (χ3v) is 3.53. The second-order valence-electron chi connectivity index (χ2n) is 4.75. The summed E-state index contributed by atoms with van der Waals surface area (Å²) in [4.78, 5) is 17.9. The summed E-state index contributed by atoms with van der Waals surface area (Å²) in [7, 11) is 0. The molecule has 1 aliphatic carbocycles. The van der Waals surface area contributed by atoms with Gasteiger partial charge in [0.25, 0.3) is 0 Å². The largest absolute Gasteiger partial charge is 0.372 e. The number of anilines is 1. The van der Waals surface area contributed by atoms with Crippen molar-refractivity contribution in [3.05, 3.63) is 30.3 Å². The summed E-state index contributed by atoms with van der Waals surface area (Å²) in [5, 5.41) is 0. The zero-order valence-electron chi connectivity index (χ0n) is 10.5. The van der Waals surface area contributed by atoms with Gasteiger partial charge in [0, 0.05) is 11.7 Å². The number of benzene rings is 1. The highest BCUT2D eigenvalue weighted by atomic mass is 16.7. The number of carbonyl (C=O) groups excluding carboxylic acids is 1. The van der Waals surface area contributed by atoms with Crippen LogP contribution in [0, 0.1) is 0 Å². The van der Waals surface area contributed by atoms with Gasteiger partial charge in [0.2, 0.25) is 0 Å². The first-order valence-electron chi connectivity index (χ1n) is 6.52. The van der Waals surface area contributed by atoms with E-state index >= 15 is 0 Å². The number of carbonyl (C=O) groups is 1. The Morgan fingerprint density at radius 3 is 2.50 bits per heavy atom. The van der Waals surface area contributed by atoms with Gasteiger partial charge in [-0.15, -0.1) is 0 Å². The second kappa shape index (κ2) is 6.40. The van der Waals surface area contributed by atoms with Crippen LogP contribution < -0.4 is 10.8 Å². The average molecular weight is 248 g/mol. The quantitative estimate of drug-likeness (QED) is 0.830.